The molecule has 1 unspecified atom stereocenters. The van der Waals surface area contributed by atoms with Crippen LogP contribution in [0.5, 0.6) is 0 Å². The number of para-hydroxylation sites is 1. The minimum absolute atomic E-state index is 0.191. The molecule has 0 spiro atoms. The van der Waals surface area contributed by atoms with Crippen LogP contribution in [-0.4, -0.2) is 52.3 Å². The summed E-state index contributed by atoms with van der Waals surface area (Å²) in [6.45, 7) is 6.98. The minimum atomic E-state index is -0.191. The van der Waals surface area contributed by atoms with Crippen molar-refractivity contribution in [2.75, 3.05) is 36.1 Å². The van der Waals surface area contributed by atoms with E-state index in [2.05, 4.69) is 43.8 Å². The lowest BCUT2D eigenvalue weighted by molar-refractivity contribution is 0.122. The zero-order valence-electron chi connectivity index (χ0n) is 17.1. The Morgan fingerprint density at radius 2 is 1.97 bits per heavy atom. The average Bonchev–Trinajstić information content (AvgIpc) is 3.09. The van der Waals surface area contributed by atoms with E-state index in [4.69, 9.17) is 9.72 Å². The highest BCUT2D eigenvalue weighted by atomic mass is 16.5. The number of morpholine rings is 1. The highest BCUT2D eigenvalue weighted by Crippen LogP contribution is 2.36. The first-order valence-corrected chi connectivity index (χ1v) is 10.3. The third kappa shape index (κ3) is 3.33. The molecule has 2 aliphatic heterocycles. The number of nitrogens with zero attached hydrogens (tertiary/aromatic N) is 5. The molecule has 1 fully saturated rings. The molecule has 1 N–H and O–H groups in total. The number of rotatable bonds is 3. The van der Waals surface area contributed by atoms with E-state index in [9.17, 15) is 4.79 Å². The van der Waals surface area contributed by atoms with E-state index in [0.29, 0.717) is 30.8 Å². The molecule has 0 aliphatic carbocycles. The Morgan fingerprint density at radius 3 is 2.77 bits per heavy atom. The van der Waals surface area contributed by atoms with Gasteiger partial charge in [0.05, 0.1) is 24.6 Å². The van der Waals surface area contributed by atoms with Gasteiger partial charge in [0.15, 0.2) is 0 Å². The maximum absolute atomic E-state index is 12.5. The zero-order valence-corrected chi connectivity index (χ0v) is 17.1. The smallest absolute Gasteiger partial charge is 0.252 e. The Labute approximate surface area is 174 Å². The van der Waals surface area contributed by atoms with Crippen molar-refractivity contribution in [3.05, 3.63) is 58.1 Å². The number of aryl methyl sites for hydroxylation is 1. The molecular weight excluding hydrogens is 380 g/mol. The molecule has 8 heteroatoms. The summed E-state index contributed by atoms with van der Waals surface area (Å²) in [5.74, 6) is 1.23. The highest BCUT2D eigenvalue weighted by Gasteiger charge is 2.29. The van der Waals surface area contributed by atoms with Gasteiger partial charge in [-0.1, -0.05) is 18.2 Å². The van der Waals surface area contributed by atoms with Gasteiger partial charge in [0.2, 0.25) is 11.9 Å². The van der Waals surface area contributed by atoms with Crippen LogP contribution in [0.1, 0.15) is 18.2 Å². The SMILES string of the molecule is Cc1nc(N2CCOCC2)ncc1-c1cc(=O)[nH]c(N2c3ccccc3CC2C)n1. The molecule has 0 bridgehead atoms. The van der Waals surface area contributed by atoms with Crippen LogP contribution in [0, 0.1) is 6.92 Å². The number of nitrogens with one attached hydrogen (secondary N) is 1. The van der Waals surface area contributed by atoms with Gasteiger partial charge in [-0.2, -0.15) is 0 Å². The fraction of sp³-hybridized carbons (Fsp3) is 0.364. The van der Waals surface area contributed by atoms with Crippen molar-refractivity contribution in [1.82, 2.24) is 19.9 Å². The molecule has 1 aromatic carbocycles. The van der Waals surface area contributed by atoms with Gasteiger partial charge in [0.1, 0.15) is 0 Å². The number of hydrogen-bond acceptors (Lipinski definition) is 7. The third-order valence-corrected chi connectivity index (χ3v) is 5.70. The number of aromatic amines is 1. The normalized spacial score (nSPS) is 18.5. The molecule has 3 aromatic rings. The third-order valence-electron chi connectivity index (χ3n) is 5.70. The Hall–Kier alpha value is -3.26. The topological polar surface area (TPSA) is 87.2 Å². The molecule has 2 aliphatic rings. The number of anilines is 3. The van der Waals surface area contributed by atoms with Crippen molar-refractivity contribution >= 4 is 17.6 Å². The van der Waals surface area contributed by atoms with Crippen LogP contribution >= 0.6 is 0 Å². The van der Waals surface area contributed by atoms with Crippen LogP contribution < -0.4 is 15.4 Å². The zero-order chi connectivity index (χ0) is 20.7. The fourth-order valence-corrected chi connectivity index (χ4v) is 4.21. The van der Waals surface area contributed by atoms with E-state index in [1.165, 1.54) is 11.6 Å². The Morgan fingerprint density at radius 1 is 1.17 bits per heavy atom. The molecule has 0 amide bonds. The van der Waals surface area contributed by atoms with Crippen LogP contribution in [0.25, 0.3) is 11.3 Å². The summed E-state index contributed by atoms with van der Waals surface area (Å²) in [6, 6.07) is 9.96. The van der Waals surface area contributed by atoms with Crippen molar-refractivity contribution in [2.24, 2.45) is 0 Å². The molecule has 2 aromatic heterocycles. The minimum Gasteiger partial charge on any atom is -0.378 e. The van der Waals surface area contributed by atoms with Crippen LogP contribution in [0.4, 0.5) is 17.6 Å². The summed E-state index contributed by atoms with van der Waals surface area (Å²) in [6.07, 6.45) is 2.68. The van der Waals surface area contributed by atoms with Crippen molar-refractivity contribution in [2.45, 2.75) is 26.3 Å². The van der Waals surface area contributed by atoms with E-state index < -0.39 is 0 Å². The molecular formula is C22H24N6O2. The quantitative estimate of drug-likeness (QED) is 0.717. The lowest BCUT2D eigenvalue weighted by Crippen LogP contribution is -2.37. The second-order valence-corrected chi connectivity index (χ2v) is 7.77. The average molecular weight is 404 g/mol. The van der Waals surface area contributed by atoms with Crippen LogP contribution in [0.15, 0.2) is 41.3 Å². The molecule has 30 heavy (non-hydrogen) atoms. The van der Waals surface area contributed by atoms with Crippen molar-refractivity contribution < 1.29 is 4.74 Å². The first kappa shape index (κ1) is 18.7. The summed E-state index contributed by atoms with van der Waals surface area (Å²) in [4.78, 5) is 33.6. The first-order valence-electron chi connectivity index (χ1n) is 10.3. The molecule has 5 rings (SSSR count). The van der Waals surface area contributed by atoms with Gasteiger partial charge in [0.25, 0.3) is 5.56 Å². The fourth-order valence-electron chi connectivity index (χ4n) is 4.21. The predicted molar refractivity (Wildman–Crippen MR) is 115 cm³/mol. The van der Waals surface area contributed by atoms with Crippen LogP contribution in [-0.2, 0) is 11.2 Å². The Bertz CT molecular complexity index is 1140. The maximum atomic E-state index is 12.5. The van der Waals surface area contributed by atoms with Gasteiger partial charge in [-0.15, -0.1) is 0 Å². The van der Waals surface area contributed by atoms with Gasteiger partial charge in [-0.05, 0) is 31.9 Å². The molecule has 4 heterocycles. The summed E-state index contributed by atoms with van der Waals surface area (Å²) in [5, 5.41) is 0. The maximum Gasteiger partial charge on any atom is 0.252 e. The highest BCUT2D eigenvalue weighted by molar-refractivity contribution is 5.69. The van der Waals surface area contributed by atoms with E-state index in [0.717, 1.165) is 36.5 Å². The number of aromatic nitrogens is 4. The number of benzene rings is 1. The van der Waals surface area contributed by atoms with Gasteiger partial charge in [-0.25, -0.2) is 15.0 Å². The lowest BCUT2D eigenvalue weighted by Gasteiger charge is -2.27. The molecule has 8 nitrogen and oxygen atoms in total. The summed E-state index contributed by atoms with van der Waals surface area (Å²) < 4.78 is 5.40. The summed E-state index contributed by atoms with van der Waals surface area (Å²) >= 11 is 0. The second kappa shape index (κ2) is 7.53. The Kier molecular flexibility index (Phi) is 4.71. The lowest BCUT2D eigenvalue weighted by atomic mass is 10.1. The number of hydrogen-bond donors (Lipinski definition) is 1. The number of fused-ring (bicyclic) bond motifs is 1. The number of H-pyrrole nitrogens is 1. The van der Waals surface area contributed by atoms with Gasteiger partial charge in [-0.3, -0.25) is 9.78 Å². The largest absolute Gasteiger partial charge is 0.378 e. The van der Waals surface area contributed by atoms with E-state index in [-0.39, 0.29) is 11.6 Å². The van der Waals surface area contributed by atoms with E-state index >= 15 is 0 Å². The molecule has 0 radical (unpaired) electrons. The van der Waals surface area contributed by atoms with Gasteiger partial charge >= 0.3 is 0 Å². The standard InChI is InChI=1S/C22H24N6O2/c1-14-11-16-5-3-4-6-19(16)28(14)22-25-18(12-20(29)26-22)17-13-23-21(24-15(17)2)27-7-9-30-10-8-27/h3-6,12-14H,7-11H2,1-2H3,(H,25,26,29). The van der Waals surface area contributed by atoms with Gasteiger partial charge < -0.3 is 14.5 Å². The summed E-state index contributed by atoms with van der Waals surface area (Å²) in [5.41, 5.74) is 4.29. The van der Waals surface area contributed by atoms with Crippen molar-refractivity contribution in [3.63, 3.8) is 0 Å². The molecule has 1 saturated heterocycles. The molecule has 1 atom stereocenters. The first-order chi connectivity index (χ1) is 14.6. The predicted octanol–water partition coefficient (Wildman–Crippen LogP) is 2.45. The van der Waals surface area contributed by atoms with Crippen molar-refractivity contribution in [1.29, 1.82) is 0 Å². The van der Waals surface area contributed by atoms with Crippen LogP contribution in [0.3, 0.4) is 0 Å². The monoisotopic (exact) mass is 404 g/mol. The van der Waals surface area contributed by atoms with Crippen LogP contribution in [0.2, 0.25) is 0 Å². The molecule has 0 saturated carbocycles. The van der Waals surface area contributed by atoms with Crippen molar-refractivity contribution in [3.8, 4) is 11.3 Å². The number of ether oxygens (including phenoxy) is 1. The summed E-state index contributed by atoms with van der Waals surface area (Å²) in [7, 11) is 0. The van der Waals surface area contributed by atoms with Gasteiger partial charge in [0, 0.05) is 42.6 Å². The molecule has 154 valence electrons. The second-order valence-electron chi connectivity index (χ2n) is 7.77. The van der Waals surface area contributed by atoms with E-state index in [1.807, 2.05) is 19.1 Å². The van der Waals surface area contributed by atoms with E-state index in [1.54, 1.807) is 6.20 Å². The Balaban J connectivity index is 1.52.